The summed E-state index contributed by atoms with van der Waals surface area (Å²) in [6.45, 7) is 6.12. The van der Waals surface area contributed by atoms with Crippen molar-refractivity contribution in [1.29, 1.82) is 0 Å². The topological polar surface area (TPSA) is 62.7 Å². The number of imidazole rings is 1. The molecule has 5 nitrogen and oxygen atoms in total. The van der Waals surface area contributed by atoms with Gasteiger partial charge < -0.3 is 9.55 Å². The van der Waals surface area contributed by atoms with Crippen molar-refractivity contribution >= 4 is 22.8 Å². The molecule has 2 N–H and O–H groups in total. The first-order valence-electron chi connectivity index (χ1n) is 9.49. The molecule has 0 unspecified atom stereocenters. The lowest BCUT2D eigenvalue weighted by atomic mass is 10.0. The average molecular weight is 390 g/mol. The number of amides is 1. The zero-order chi connectivity index (χ0) is 20.7. The number of hydrogen-bond acceptors (Lipinski definition) is 2. The molecule has 6 heteroatoms. The van der Waals surface area contributed by atoms with Crippen LogP contribution in [0.15, 0.2) is 42.6 Å². The van der Waals surface area contributed by atoms with E-state index in [0.29, 0.717) is 5.95 Å². The number of anilines is 1. The number of nitrogens with zero attached hydrogens (tertiary/aromatic N) is 2. The number of aromatic nitrogens is 3. The minimum atomic E-state index is -0.288. The SMILES string of the molecule is Cc1cc(C)c2[nH]c(C)c(CC(=O)Nc3ncc(-c4ccc(F)cc4)n3C)c2c1. The first-order valence-corrected chi connectivity index (χ1v) is 9.49. The second kappa shape index (κ2) is 7.20. The Morgan fingerprint density at radius 3 is 2.62 bits per heavy atom. The lowest BCUT2D eigenvalue weighted by Crippen LogP contribution is -2.17. The highest BCUT2D eigenvalue weighted by atomic mass is 19.1. The van der Waals surface area contributed by atoms with Gasteiger partial charge in [-0.15, -0.1) is 0 Å². The van der Waals surface area contributed by atoms with E-state index < -0.39 is 0 Å². The average Bonchev–Trinajstić information content (AvgIpc) is 3.17. The molecule has 1 amide bonds. The Labute approximate surface area is 168 Å². The molecule has 4 rings (SSSR count). The van der Waals surface area contributed by atoms with Crippen molar-refractivity contribution < 1.29 is 9.18 Å². The highest BCUT2D eigenvalue weighted by Crippen LogP contribution is 2.27. The third-order valence-corrected chi connectivity index (χ3v) is 5.29. The van der Waals surface area contributed by atoms with Gasteiger partial charge in [0, 0.05) is 29.2 Å². The smallest absolute Gasteiger partial charge is 0.231 e. The number of H-pyrrole nitrogens is 1. The number of aromatic amines is 1. The summed E-state index contributed by atoms with van der Waals surface area (Å²) in [5.41, 5.74) is 7.04. The predicted octanol–water partition coefficient (Wildman–Crippen LogP) is 4.81. The number of hydrogen-bond donors (Lipinski definition) is 2. The van der Waals surface area contributed by atoms with Crippen molar-refractivity contribution in [2.24, 2.45) is 7.05 Å². The molecule has 0 fully saturated rings. The first-order chi connectivity index (χ1) is 13.8. The third-order valence-electron chi connectivity index (χ3n) is 5.29. The maximum atomic E-state index is 13.2. The Balaban J connectivity index is 1.58. The molecule has 0 radical (unpaired) electrons. The number of carbonyl (C=O) groups is 1. The standard InChI is InChI=1S/C23H23FN4O/c1-13-9-14(2)22-19(10-13)18(15(3)26-22)11-21(29)27-23-25-12-20(28(23)4)16-5-7-17(24)8-6-16/h5-10,12,26H,11H2,1-4H3,(H,25,27,29). The fraction of sp³-hybridized carbons (Fsp3) is 0.217. The summed E-state index contributed by atoms with van der Waals surface area (Å²) in [6, 6.07) is 10.4. The molecule has 0 bridgehead atoms. The van der Waals surface area contributed by atoms with Gasteiger partial charge in [0.25, 0.3) is 0 Å². The number of fused-ring (bicyclic) bond motifs is 1. The molecule has 0 atom stereocenters. The van der Waals surface area contributed by atoms with Crippen LogP contribution in [0.3, 0.4) is 0 Å². The minimum Gasteiger partial charge on any atom is -0.358 e. The molecule has 29 heavy (non-hydrogen) atoms. The Bertz CT molecular complexity index is 1220. The molecule has 0 aliphatic carbocycles. The summed E-state index contributed by atoms with van der Waals surface area (Å²) in [5.74, 6) is 0.0377. The van der Waals surface area contributed by atoms with E-state index in [1.807, 2.05) is 14.0 Å². The van der Waals surface area contributed by atoms with E-state index in [9.17, 15) is 9.18 Å². The van der Waals surface area contributed by atoms with Crippen molar-refractivity contribution in [2.45, 2.75) is 27.2 Å². The maximum Gasteiger partial charge on any atom is 0.231 e. The van der Waals surface area contributed by atoms with Crippen LogP contribution >= 0.6 is 0 Å². The van der Waals surface area contributed by atoms with Crippen LogP contribution in [0.4, 0.5) is 10.3 Å². The van der Waals surface area contributed by atoms with Gasteiger partial charge in [0.1, 0.15) is 5.82 Å². The van der Waals surface area contributed by atoms with E-state index in [2.05, 4.69) is 41.3 Å². The number of aryl methyl sites for hydroxylation is 3. The molecule has 148 valence electrons. The molecule has 4 aromatic rings. The summed E-state index contributed by atoms with van der Waals surface area (Å²) in [4.78, 5) is 20.5. The van der Waals surface area contributed by atoms with Crippen LogP contribution in [0.5, 0.6) is 0 Å². The van der Waals surface area contributed by atoms with Gasteiger partial charge in [-0.2, -0.15) is 0 Å². The molecule has 0 aliphatic rings. The lowest BCUT2D eigenvalue weighted by molar-refractivity contribution is -0.115. The quantitative estimate of drug-likeness (QED) is 0.525. The van der Waals surface area contributed by atoms with Crippen molar-refractivity contribution in [3.63, 3.8) is 0 Å². The fourth-order valence-electron chi connectivity index (χ4n) is 3.81. The number of benzene rings is 2. The summed E-state index contributed by atoms with van der Waals surface area (Å²) in [6.07, 6.45) is 1.93. The largest absolute Gasteiger partial charge is 0.358 e. The normalized spacial score (nSPS) is 11.2. The van der Waals surface area contributed by atoms with Gasteiger partial charge in [-0.3, -0.25) is 10.1 Å². The van der Waals surface area contributed by atoms with Crippen LogP contribution in [0, 0.1) is 26.6 Å². The molecule has 2 heterocycles. The Hall–Kier alpha value is -3.41. The summed E-state index contributed by atoms with van der Waals surface area (Å²) < 4.78 is 15.0. The van der Waals surface area contributed by atoms with Crippen molar-refractivity contribution in [2.75, 3.05) is 5.32 Å². The maximum absolute atomic E-state index is 13.2. The minimum absolute atomic E-state index is 0.132. The van der Waals surface area contributed by atoms with Gasteiger partial charge in [-0.25, -0.2) is 9.37 Å². The second-order valence-electron chi connectivity index (χ2n) is 7.49. The van der Waals surface area contributed by atoms with Crippen LogP contribution in [0.25, 0.3) is 22.2 Å². The van der Waals surface area contributed by atoms with E-state index in [4.69, 9.17) is 0 Å². The van der Waals surface area contributed by atoms with E-state index >= 15 is 0 Å². The Morgan fingerprint density at radius 2 is 1.90 bits per heavy atom. The van der Waals surface area contributed by atoms with Crippen LogP contribution in [0.1, 0.15) is 22.4 Å². The van der Waals surface area contributed by atoms with Crippen LogP contribution in [-0.2, 0) is 18.3 Å². The summed E-state index contributed by atoms with van der Waals surface area (Å²) in [7, 11) is 1.82. The lowest BCUT2D eigenvalue weighted by Gasteiger charge is -2.08. The van der Waals surface area contributed by atoms with E-state index in [1.54, 1.807) is 22.9 Å². The molecule has 2 aromatic carbocycles. The predicted molar refractivity (Wildman–Crippen MR) is 113 cm³/mol. The van der Waals surface area contributed by atoms with Gasteiger partial charge in [0.05, 0.1) is 18.3 Å². The van der Waals surface area contributed by atoms with Gasteiger partial charge >= 0.3 is 0 Å². The molecule has 0 aliphatic heterocycles. The Kier molecular flexibility index (Phi) is 4.70. The molecule has 0 saturated carbocycles. The first kappa shape index (κ1) is 18.9. The monoisotopic (exact) mass is 390 g/mol. The zero-order valence-corrected chi connectivity index (χ0v) is 16.9. The molecular weight excluding hydrogens is 367 g/mol. The van der Waals surface area contributed by atoms with Crippen molar-refractivity contribution in [1.82, 2.24) is 14.5 Å². The summed E-state index contributed by atoms with van der Waals surface area (Å²) in [5, 5.41) is 3.98. The number of rotatable bonds is 4. The van der Waals surface area contributed by atoms with Gasteiger partial charge in [-0.1, -0.05) is 11.6 Å². The fourth-order valence-corrected chi connectivity index (χ4v) is 3.81. The van der Waals surface area contributed by atoms with E-state index in [0.717, 1.165) is 33.4 Å². The van der Waals surface area contributed by atoms with Gasteiger partial charge in [0.15, 0.2) is 0 Å². The zero-order valence-electron chi connectivity index (χ0n) is 16.9. The van der Waals surface area contributed by atoms with E-state index in [-0.39, 0.29) is 18.1 Å². The highest BCUT2D eigenvalue weighted by molar-refractivity contribution is 5.96. The third kappa shape index (κ3) is 3.53. The molecule has 0 spiro atoms. The number of carbonyl (C=O) groups excluding carboxylic acids is 1. The number of nitrogens with one attached hydrogen (secondary N) is 2. The van der Waals surface area contributed by atoms with Gasteiger partial charge in [-0.05, 0) is 62.2 Å². The van der Waals surface area contributed by atoms with Gasteiger partial charge in [0.2, 0.25) is 11.9 Å². The molecular formula is C23H23FN4O. The number of halogens is 1. The van der Waals surface area contributed by atoms with Crippen LogP contribution in [0.2, 0.25) is 0 Å². The van der Waals surface area contributed by atoms with Crippen LogP contribution < -0.4 is 5.32 Å². The Morgan fingerprint density at radius 1 is 1.17 bits per heavy atom. The van der Waals surface area contributed by atoms with Crippen LogP contribution in [-0.4, -0.2) is 20.4 Å². The molecule has 0 saturated heterocycles. The van der Waals surface area contributed by atoms with Crippen molar-refractivity contribution in [3.8, 4) is 11.3 Å². The second-order valence-corrected chi connectivity index (χ2v) is 7.49. The van der Waals surface area contributed by atoms with Crippen molar-refractivity contribution in [3.05, 3.63) is 70.8 Å². The summed E-state index contributed by atoms with van der Waals surface area (Å²) >= 11 is 0. The highest BCUT2D eigenvalue weighted by Gasteiger charge is 2.16. The van der Waals surface area contributed by atoms with E-state index in [1.165, 1.54) is 23.3 Å². The molecule has 2 aromatic heterocycles.